The zero-order valence-electron chi connectivity index (χ0n) is 11.0. The Bertz CT molecular complexity index is 530. The Morgan fingerprint density at radius 3 is 2.65 bits per heavy atom. The van der Waals surface area contributed by atoms with Gasteiger partial charge in [-0.25, -0.2) is 0 Å². The maximum Gasteiger partial charge on any atom is 0.292 e. The lowest BCUT2D eigenvalue weighted by atomic mass is 10.1. The van der Waals surface area contributed by atoms with Gasteiger partial charge in [0.1, 0.15) is 5.69 Å². The number of nitro benzene ring substituents is 1. The van der Waals surface area contributed by atoms with E-state index in [1.807, 2.05) is 6.92 Å². The summed E-state index contributed by atoms with van der Waals surface area (Å²) in [6.07, 6.45) is 0.795. The van der Waals surface area contributed by atoms with Crippen molar-refractivity contribution in [1.82, 2.24) is 10.6 Å². The van der Waals surface area contributed by atoms with Crippen LogP contribution in [0.4, 0.5) is 11.4 Å². The number of benzene rings is 1. The lowest BCUT2D eigenvalue weighted by molar-refractivity contribution is -0.383. The number of amides is 2. The van der Waals surface area contributed by atoms with E-state index in [4.69, 9.17) is 5.73 Å². The Labute approximate surface area is 115 Å². The van der Waals surface area contributed by atoms with Gasteiger partial charge < -0.3 is 16.4 Å². The SMILES string of the molecule is CCCNC(=O)CNC(=O)c1ccc(N)c([N+](=O)[O-])c1. The molecule has 0 saturated carbocycles. The van der Waals surface area contributed by atoms with E-state index >= 15 is 0 Å². The van der Waals surface area contributed by atoms with Crippen LogP contribution < -0.4 is 16.4 Å². The van der Waals surface area contributed by atoms with Gasteiger partial charge in [0, 0.05) is 18.2 Å². The second-order valence-corrected chi connectivity index (χ2v) is 4.06. The molecule has 0 bridgehead atoms. The highest BCUT2D eigenvalue weighted by Crippen LogP contribution is 2.22. The highest BCUT2D eigenvalue weighted by atomic mass is 16.6. The number of anilines is 1. The third-order valence-electron chi connectivity index (χ3n) is 2.47. The van der Waals surface area contributed by atoms with Crippen molar-refractivity contribution in [2.45, 2.75) is 13.3 Å². The first-order valence-electron chi connectivity index (χ1n) is 6.04. The van der Waals surface area contributed by atoms with E-state index in [2.05, 4.69) is 10.6 Å². The van der Waals surface area contributed by atoms with Crippen LogP contribution in [0.2, 0.25) is 0 Å². The van der Waals surface area contributed by atoms with Crippen LogP contribution in [0.25, 0.3) is 0 Å². The van der Waals surface area contributed by atoms with E-state index in [0.29, 0.717) is 6.54 Å². The molecule has 0 unspecified atom stereocenters. The molecule has 1 aromatic carbocycles. The zero-order chi connectivity index (χ0) is 15.1. The molecule has 0 aliphatic carbocycles. The molecule has 2 amide bonds. The number of hydrogen-bond donors (Lipinski definition) is 3. The molecule has 0 radical (unpaired) electrons. The van der Waals surface area contributed by atoms with E-state index < -0.39 is 10.8 Å². The van der Waals surface area contributed by atoms with Gasteiger partial charge in [-0.2, -0.15) is 0 Å². The van der Waals surface area contributed by atoms with E-state index in [9.17, 15) is 19.7 Å². The topological polar surface area (TPSA) is 127 Å². The van der Waals surface area contributed by atoms with E-state index in [1.54, 1.807) is 0 Å². The molecule has 0 saturated heterocycles. The molecule has 108 valence electrons. The fourth-order valence-electron chi connectivity index (χ4n) is 1.43. The van der Waals surface area contributed by atoms with Crippen LogP contribution in [-0.2, 0) is 4.79 Å². The van der Waals surface area contributed by atoms with Gasteiger partial charge in [0.05, 0.1) is 11.5 Å². The minimum Gasteiger partial charge on any atom is -0.393 e. The van der Waals surface area contributed by atoms with Crippen LogP contribution in [0.5, 0.6) is 0 Å². The molecule has 0 heterocycles. The van der Waals surface area contributed by atoms with Crippen molar-refractivity contribution in [3.05, 3.63) is 33.9 Å². The summed E-state index contributed by atoms with van der Waals surface area (Å²) in [4.78, 5) is 33.1. The first-order valence-corrected chi connectivity index (χ1v) is 6.04. The average Bonchev–Trinajstić information content (AvgIpc) is 2.42. The third kappa shape index (κ3) is 4.23. The summed E-state index contributed by atoms with van der Waals surface area (Å²) in [6.45, 7) is 2.26. The smallest absolute Gasteiger partial charge is 0.292 e. The largest absolute Gasteiger partial charge is 0.393 e. The standard InChI is InChI=1S/C12H16N4O4/c1-2-5-14-11(17)7-15-12(18)8-3-4-9(13)10(6-8)16(19)20/h3-4,6H,2,5,7,13H2,1H3,(H,14,17)(H,15,18). The minimum absolute atomic E-state index is 0.0211. The number of nitrogen functional groups attached to an aromatic ring is 1. The summed E-state index contributed by atoms with van der Waals surface area (Å²) in [5.74, 6) is -0.884. The number of nitrogens with two attached hydrogens (primary N) is 1. The maximum absolute atomic E-state index is 11.8. The van der Waals surface area contributed by atoms with Crippen molar-refractivity contribution in [2.75, 3.05) is 18.8 Å². The summed E-state index contributed by atoms with van der Waals surface area (Å²) in [5.41, 5.74) is 5.15. The molecule has 1 rings (SSSR count). The zero-order valence-corrected chi connectivity index (χ0v) is 11.0. The van der Waals surface area contributed by atoms with Crippen LogP contribution >= 0.6 is 0 Å². The van der Waals surface area contributed by atoms with Crippen LogP contribution in [-0.4, -0.2) is 29.8 Å². The van der Waals surface area contributed by atoms with Crippen LogP contribution in [0, 0.1) is 10.1 Å². The number of nitrogens with zero attached hydrogens (tertiary/aromatic N) is 1. The number of carbonyl (C=O) groups excluding carboxylic acids is 2. The summed E-state index contributed by atoms with van der Waals surface area (Å²) in [6, 6.07) is 3.72. The van der Waals surface area contributed by atoms with Gasteiger partial charge >= 0.3 is 0 Å². The van der Waals surface area contributed by atoms with E-state index in [-0.39, 0.29) is 29.4 Å². The fraction of sp³-hybridized carbons (Fsp3) is 0.333. The summed E-state index contributed by atoms with van der Waals surface area (Å²) < 4.78 is 0. The molecule has 0 fully saturated rings. The molecule has 20 heavy (non-hydrogen) atoms. The Morgan fingerprint density at radius 1 is 1.35 bits per heavy atom. The van der Waals surface area contributed by atoms with Crippen molar-refractivity contribution in [3.63, 3.8) is 0 Å². The number of rotatable bonds is 6. The second kappa shape index (κ2) is 7.07. The molecule has 0 aliphatic heterocycles. The van der Waals surface area contributed by atoms with Crippen LogP contribution in [0.15, 0.2) is 18.2 Å². The highest BCUT2D eigenvalue weighted by Gasteiger charge is 2.15. The molecule has 0 spiro atoms. The van der Waals surface area contributed by atoms with Crippen molar-refractivity contribution in [1.29, 1.82) is 0 Å². The first kappa shape index (κ1) is 15.4. The van der Waals surface area contributed by atoms with Gasteiger partial charge in [-0.05, 0) is 18.6 Å². The normalized spacial score (nSPS) is 9.85. The van der Waals surface area contributed by atoms with Crippen LogP contribution in [0.3, 0.4) is 0 Å². The number of nitro groups is 1. The molecule has 8 nitrogen and oxygen atoms in total. The lowest BCUT2D eigenvalue weighted by Gasteiger charge is -2.06. The lowest BCUT2D eigenvalue weighted by Crippen LogP contribution is -2.37. The van der Waals surface area contributed by atoms with Crippen LogP contribution in [0.1, 0.15) is 23.7 Å². The predicted molar refractivity (Wildman–Crippen MR) is 73.1 cm³/mol. The van der Waals surface area contributed by atoms with Gasteiger partial charge in [-0.1, -0.05) is 6.92 Å². The highest BCUT2D eigenvalue weighted by molar-refractivity contribution is 5.97. The number of carbonyl (C=O) groups is 2. The molecule has 0 aromatic heterocycles. The van der Waals surface area contributed by atoms with E-state index in [1.165, 1.54) is 12.1 Å². The summed E-state index contributed by atoms with van der Waals surface area (Å²) in [5, 5.41) is 15.7. The Kier molecular flexibility index (Phi) is 5.45. The average molecular weight is 280 g/mol. The molecule has 1 aromatic rings. The van der Waals surface area contributed by atoms with Crippen molar-refractivity contribution in [3.8, 4) is 0 Å². The maximum atomic E-state index is 11.8. The Hall–Kier alpha value is -2.64. The molecule has 0 atom stereocenters. The first-order chi connectivity index (χ1) is 9.45. The quantitative estimate of drug-likeness (QED) is 0.395. The molecule has 4 N–H and O–H groups in total. The van der Waals surface area contributed by atoms with Gasteiger partial charge in [-0.3, -0.25) is 19.7 Å². The predicted octanol–water partition coefficient (Wildman–Crippen LogP) is 0.433. The van der Waals surface area contributed by atoms with Crippen molar-refractivity contribution in [2.24, 2.45) is 0 Å². The van der Waals surface area contributed by atoms with Crippen molar-refractivity contribution < 1.29 is 14.5 Å². The second-order valence-electron chi connectivity index (χ2n) is 4.06. The Morgan fingerprint density at radius 2 is 2.05 bits per heavy atom. The van der Waals surface area contributed by atoms with Gasteiger partial charge in [0.15, 0.2) is 0 Å². The summed E-state index contributed by atoms with van der Waals surface area (Å²) in [7, 11) is 0. The fourth-order valence-corrected chi connectivity index (χ4v) is 1.43. The van der Waals surface area contributed by atoms with Gasteiger partial charge in [0.25, 0.3) is 11.6 Å². The van der Waals surface area contributed by atoms with Gasteiger partial charge in [-0.15, -0.1) is 0 Å². The molecule has 0 aliphatic rings. The minimum atomic E-state index is -0.667. The van der Waals surface area contributed by atoms with Crippen molar-refractivity contribution >= 4 is 23.2 Å². The third-order valence-corrected chi connectivity index (χ3v) is 2.47. The number of nitrogens with one attached hydrogen (secondary N) is 2. The van der Waals surface area contributed by atoms with E-state index in [0.717, 1.165) is 12.5 Å². The number of hydrogen-bond acceptors (Lipinski definition) is 5. The summed E-state index contributed by atoms with van der Waals surface area (Å²) >= 11 is 0. The molecular weight excluding hydrogens is 264 g/mol. The van der Waals surface area contributed by atoms with Gasteiger partial charge in [0.2, 0.25) is 5.91 Å². The molecule has 8 heteroatoms. The Balaban J connectivity index is 2.66. The monoisotopic (exact) mass is 280 g/mol. The molecular formula is C12H16N4O4.